The molecule has 3 saturated carbocycles. The van der Waals surface area contributed by atoms with Crippen molar-refractivity contribution in [3.63, 3.8) is 0 Å². The van der Waals surface area contributed by atoms with Crippen LogP contribution in [0.1, 0.15) is 64.2 Å². The molecule has 0 aromatic rings. The Bertz CT molecular complexity index is 273. The summed E-state index contributed by atoms with van der Waals surface area (Å²) in [7, 11) is 0. The van der Waals surface area contributed by atoms with Crippen LogP contribution in [0, 0.1) is 16.7 Å². The van der Waals surface area contributed by atoms with Gasteiger partial charge in [0.25, 0.3) is 0 Å². The molecule has 0 aliphatic heterocycles. The minimum atomic E-state index is 0.488. The SMILES string of the molecule is NCC1(CCNCC2(C3CC3)CC2)CCCCC1. The van der Waals surface area contributed by atoms with E-state index in [2.05, 4.69) is 5.32 Å². The molecule has 0 atom stereocenters. The van der Waals surface area contributed by atoms with Crippen LogP contribution in [0.5, 0.6) is 0 Å². The zero-order valence-electron chi connectivity index (χ0n) is 11.8. The molecule has 0 unspecified atom stereocenters. The van der Waals surface area contributed by atoms with Gasteiger partial charge in [-0.25, -0.2) is 0 Å². The summed E-state index contributed by atoms with van der Waals surface area (Å²) < 4.78 is 0. The number of hydrogen-bond donors (Lipinski definition) is 2. The summed E-state index contributed by atoms with van der Waals surface area (Å²) in [4.78, 5) is 0. The van der Waals surface area contributed by atoms with E-state index in [1.807, 2.05) is 0 Å². The van der Waals surface area contributed by atoms with E-state index in [-0.39, 0.29) is 0 Å². The molecule has 0 aromatic carbocycles. The van der Waals surface area contributed by atoms with Crippen LogP contribution in [-0.4, -0.2) is 19.6 Å². The van der Waals surface area contributed by atoms with E-state index in [9.17, 15) is 0 Å². The quantitative estimate of drug-likeness (QED) is 0.682. The predicted octanol–water partition coefficient (Wildman–Crippen LogP) is 3.07. The highest BCUT2D eigenvalue weighted by Gasteiger charge is 2.53. The summed E-state index contributed by atoms with van der Waals surface area (Å²) in [6, 6.07) is 0. The first-order valence-electron chi connectivity index (χ1n) is 8.20. The minimum Gasteiger partial charge on any atom is -0.330 e. The maximum atomic E-state index is 6.05. The maximum Gasteiger partial charge on any atom is 0.00105 e. The van der Waals surface area contributed by atoms with E-state index in [0.29, 0.717) is 5.41 Å². The first-order chi connectivity index (χ1) is 8.79. The highest BCUT2D eigenvalue weighted by molar-refractivity contribution is 5.05. The first kappa shape index (κ1) is 12.9. The Kier molecular flexibility index (Phi) is 3.68. The van der Waals surface area contributed by atoms with Crippen molar-refractivity contribution in [2.45, 2.75) is 64.2 Å². The Morgan fingerprint density at radius 1 is 1.00 bits per heavy atom. The Balaban J connectivity index is 1.38. The standard InChI is InChI=1S/C16H30N2/c17-12-15(6-2-1-3-7-15)10-11-18-13-16(8-9-16)14-4-5-14/h14,18H,1-13,17H2. The molecule has 104 valence electrons. The van der Waals surface area contributed by atoms with Crippen molar-refractivity contribution in [1.29, 1.82) is 0 Å². The Morgan fingerprint density at radius 3 is 2.28 bits per heavy atom. The normalized spacial score (nSPS) is 29.2. The summed E-state index contributed by atoms with van der Waals surface area (Å²) in [6.45, 7) is 3.40. The molecule has 18 heavy (non-hydrogen) atoms. The van der Waals surface area contributed by atoms with Gasteiger partial charge in [-0.3, -0.25) is 0 Å². The topological polar surface area (TPSA) is 38.0 Å². The molecule has 0 amide bonds. The van der Waals surface area contributed by atoms with Crippen molar-refractivity contribution >= 4 is 0 Å². The monoisotopic (exact) mass is 250 g/mol. The molecular formula is C16H30N2. The summed E-state index contributed by atoms with van der Waals surface area (Å²) in [5.74, 6) is 1.09. The van der Waals surface area contributed by atoms with Crippen LogP contribution >= 0.6 is 0 Å². The minimum absolute atomic E-state index is 0.488. The summed E-state index contributed by atoms with van der Waals surface area (Å²) in [6.07, 6.45) is 14.3. The van der Waals surface area contributed by atoms with Gasteiger partial charge in [-0.15, -0.1) is 0 Å². The lowest BCUT2D eigenvalue weighted by atomic mass is 9.72. The number of nitrogens with two attached hydrogens (primary N) is 1. The average Bonchev–Trinajstić information content (AvgIpc) is 3.29. The molecule has 0 radical (unpaired) electrons. The molecule has 3 rings (SSSR count). The molecule has 0 spiro atoms. The molecule has 3 N–H and O–H groups in total. The summed E-state index contributed by atoms with van der Waals surface area (Å²) >= 11 is 0. The first-order valence-corrected chi connectivity index (χ1v) is 8.20. The van der Waals surface area contributed by atoms with Crippen LogP contribution in [0.15, 0.2) is 0 Å². The number of rotatable bonds is 7. The molecule has 3 aliphatic carbocycles. The van der Waals surface area contributed by atoms with Gasteiger partial charge in [0.2, 0.25) is 0 Å². The summed E-state index contributed by atoms with van der Waals surface area (Å²) in [5, 5.41) is 3.76. The second-order valence-corrected chi connectivity index (χ2v) is 7.33. The van der Waals surface area contributed by atoms with Crippen molar-refractivity contribution in [2.75, 3.05) is 19.6 Å². The third-order valence-electron chi connectivity index (χ3n) is 5.99. The fourth-order valence-corrected chi connectivity index (χ4v) is 4.13. The van der Waals surface area contributed by atoms with Crippen molar-refractivity contribution in [2.24, 2.45) is 22.5 Å². The van der Waals surface area contributed by atoms with Crippen LogP contribution in [0.25, 0.3) is 0 Å². The van der Waals surface area contributed by atoms with Gasteiger partial charge in [0.15, 0.2) is 0 Å². The van der Waals surface area contributed by atoms with Crippen molar-refractivity contribution in [3.8, 4) is 0 Å². The highest BCUT2D eigenvalue weighted by Crippen LogP contribution is 2.60. The fraction of sp³-hybridized carbons (Fsp3) is 1.00. The van der Waals surface area contributed by atoms with Crippen LogP contribution in [0.3, 0.4) is 0 Å². The molecule has 3 fully saturated rings. The molecule has 0 saturated heterocycles. The lowest BCUT2D eigenvalue weighted by Gasteiger charge is -2.36. The van der Waals surface area contributed by atoms with E-state index < -0.39 is 0 Å². The number of nitrogens with one attached hydrogen (secondary N) is 1. The van der Waals surface area contributed by atoms with E-state index in [0.717, 1.165) is 17.9 Å². The van der Waals surface area contributed by atoms with E-state index in [1.165, 1.54) is 77.3 Å². The highest BCUT2D eigenvalue weighted by atomic mass is 14.9. The molecule has 3 aliphatic rings. The van der Waals surface area contributed by atoms with Gasteiger partial charge >= 0.3 is 0 Å². The molecule has 2 nitrogen and oxygen atoms in total. The lowest BCUT2D eigenvalue weighted by Crippen LogP contribution is -2.37. The van der Waals surface area contributed by atoms with Crippen molar-refractivity contribution in [3.05, 3.63) is 0 Å². The molecule has 0 aromatic heterocycles. The van der Waals surface area contributed by atoms with Crippen LogP contribution < -0.4 is 11.1 Å². The molecule has 0 bridgehead atoms. The van der Waals surface area contributed by atoms with Gasteiger partial charge in [-0.1, -0.05) is 19.3 Å². The van der Waals surface area contributed by atoms with Crippen LogP contribution in [0.4, 0.5) is 0 Å². The maximum absolute atomic E-state index is 6.05. The predicted molar refractivity (Wildman–Crippen MR) is 76.5 cm³/mol. The van der Waals surface area contributed by atoms with Gasteiger partial charge in [-0.05, 0) is 74.8 Å². The third-order valence-corrected chi connectivity index (χ3v) is 5.99. The van der Waals surface area contributed by atoms with E-state index >= 15 is 0 Å². The van der Waals surface area contributed by atoms with E-state index in [1.54, 1.807) is 0 Å². The van der Waals surface area contributed by atoms with Crippen LogP contribution in [0.2, 0.25) is 0 Å². The van der Waals surface area contributed by atoms with Gasteiger partial charge in [-0.2, -0.15) is 0 Å². The Labute approximate surface area is 112 Å². The fourth-order valence-electron chi connectivity index (χ4n) is 4.13. The van der Waals surface area contributed by atoms with Gasteiger partial charge in [0.1, 0.15) is 0 Å². The number of hydrogen-bond acceptors (Lipinski definition) is 2. The van der Waals surface area contributed by atoms with Gasteiger partial charge < -0.3 is 11.1 Å². The lowest BCUT2D eigenvalue weighted by molar-refractivity contribution is 0.179. The Hall–Kier alpha value is -0.0800. The van der Waals surface area contributed by atoms with Crippen molar-refractivity contribution < 1.29 is 0 Å². The van der Waals surface area contributed by atoms with Crippen LogP contribution in [-0.2, 0) is 0 Å². The Morgan fingerprint density at radius 2 is 1.72 bits per heavy atom. The molecular weight excluding hydrogens is 220 g/mol. The average molecular weight is 250 g/mol. The second kappa shape index (κ2) is 5.13. The second-order valence-electron chi connectivity index (χ2n) is 7.33. The summed E-state index contributed by atoms with van der Waals surface area (Å²) in [5.41, 5.74) is 7.29. The zero-order chi connectivity index (χ0) is 12.5. The van der Waals surface area contributed by atoms with Crippen molar-refractivity contribution in [1.82, 2.24) is 5.32 Å². The smallest absolute Gasteiger partial charge is 0.00105 e. The molecule has 0 heterocycles. The van der Waals surface area contributed by atoms with E-state index in [4.69, 9.17) is 5.73 Å². The zero-order valence-corrected chi connectivity index (χ0v) is 11.8. The largest absolute Gasteiger partial charge is 0.330 e. The van der Waals surface area contributed by atoms with Gasteiger partial charge in [0, 0.05) is 6.54 Å². The third kappa shape index (κ3) is 2.75. The molecule has 2 heteroatoms. The van der Waals surface area contributed by atoms with Gasteiger partial charge in [0.05, 0.1) is 0 Å².